The highest BCUT2D eigenvalue weighted by Crippen LogP contribution is 2.11. The molecule has 6 heteroatoms. The van der Waals surface area contributed by atoms with Gasteiger partial charge >= 0.3 is 0 Å². The Labute approximate surface area is 114 Å². The van der Waals surface area contributed by atoms with Gasteiger partial charge in [0.05, 0.1) is 0 Å². The zero-order chi connectivity index (χ0) is 13.1. The molecule has 0 aromatic heterocycles. The number of nitrogens with two attached hydrogens (primary N) is 1. The second kappa shape index (κ2) is 5.58. The van der Waals surface area contributed by atoms with Crippen molar-refractivity contribution >= 4 is 33.9 Å². The number of nitrogens with zero attached hydrogens (tertiary/aromatic N) is 1. The molecular formula is C12H14N2O2S2. The molecule has 4 nitrogen and oxygen atoms in total. The van der Waals surface area contributed by atoms with Crippen LogP contribution in [0.3, 0.4) is 0 Å². The van der Waals surface area contributed by atoms with Gasteiger partial charge in [-0.1, -0.05) is 24.4 Å². The van der Waals surface area contributed by atoms with E-state index in [1.807, 2.05) is 0 Å². The normalized spacial score (nSPS) is 16.6. The number of amides is 1. The highest BCUT2D eigenvalue weighted by molar-refractivity contribution is 7.85. The summed E-state index contributed by atoms with van der Waals surface area (Å²) in [6.45, 7) is 1.09. The van der Waals surface area contributed by atoms with Crippen LogP contribution in [-0.2, 0) is 10.8 Å². The molecule has 2 rings (SSSR count). The number of rotatable bonds is 2. The minimum atomic E-state index is -0.780. The van der Waals surface area contributed by atoms with Crippen molar-refractivity contribution < 1.29 is 9.00 Å². The number of hydrogen-bond acceptors (Lipinski definition) is 3. The largest absolute Gasteiger partial charge is 0.389 e. The second-order valence-corrected chi connectivity index (χ2v) is 6.22. The summed E-state index contributed by atoms with van der Waals surface area (Å²) >= 11 is 4.89. The Bertz CT molecular complexity index is 507. The van der Waals surface area contributed by atoms with Gasteiger partial charge in [0.25, 0.3) is 5.91 Å². The van der Waals surface area contributed by atoms with Gasteiger partial charge in [-0.05, 0) is 12.1 Å². The molecule has 1 fully saturated rings. The Morgan fingerprint density at radius 2 is 1.89 bits per heavy atom. The van der Waals surface area contributed by atoms with Crippen LogP contribution in [-0.4, -0.2) is 44.6 Å². The first-order chi connectivity index (χ1) is 8.58. The van der Waals surface area contributed by atoms with E-state index in [0.717, 1.165) is 0 Å². The Morgan fingerprint density at radius 1 is 1.28 bits per heavy atom. The van der Waals surface area contributed by atoms with E-state index in [4.69, 9.17) is 18.0 Å². The molecule has 1 aliphatic rings. The zero-order valence-corrected chi connectivity index (χ0v) is 11.4. The van der Waals surface area contributed by atoms with Gasteiger partial charge in [0.2, 0.25) is 0 Å². The van der Waals surface area contributed by atoms with E-state index in [-0.39, 0.29) is 10.9 Å². The number of thiocarbonyl (C=S) groups is 1. The standard InChI is InChI=1S/C12H14N2O2S2/c13-11(17)9-2-1-3-10(8-9)12(15)14-4-6-18(16)7-5-14/h1-3,8H,4-7H2,(H2,13,17). The van der Waals surface area contributed by atoms with Gasteiger partial charge in [-0.25, -0.2) is 0 Å². The van der Waals surface area contributed by atoms with Crippen LogP contribution in [0.25, 0.3) is 0 Å². The van der Waals surface area contributed by atoms with Gasteiger partial charge in [0, 0.05) is 46.5 Å². The first-order valence-corrected chi connectivity index (χ1v) is 7.51. The summed E-state index contributed by atoms with van der Waals surface area (Å²) in [4.78, 5) is 14.2. The van der Waals surface area contributed by atoms with Crippen molar-refractivity contribution in [2.24, 2.45) is 5.73 Å². The fraction of sp³-hybridized carbons (Fsp3) is 0.333. The molecule has 1 aromatic carbocycles. The lowest BCUT2D eigenvalue weighted by molar-refractivity contribution is 0.0771. The molecule has 2 N–H and O–H groups in total. The Hall–Kier alpha value is -1.27. The van der Waals surface area contributed by atoms with Gasteiger partial charge in [-0.15, -0.1) is 0 Å². The molecule has 0 bridgehead atoms. The van der Waals surface area contributed by atoms with E-state index in [2.05, 4.69) is 0 Å². The third kappa shape index (κ3) is 2.94. The molecular weight excluding hydrogens is 268 g/mol. The maximum absolute atomic E-state index is 12.2. The maximum atomic E-state index is 12.2. The summed E-state index contributed by atoms with van der Waals surface area (Å²) in [6, 6.07) is 7.00. The fourth-order valence-corrected chi connectivity index (χ4v) is 3.01. The van der Waals surface area contributed by atoms with Crippen LogP contribution in [0.4, 0.5) is 0 Å². The highest BCUT2D eigenvalue weighted by Gasteiger charge is 2.21. The molecule has 0 atom stereocenters. The summed E-state index contributed by atoms with van der Waals surface area (Å²) in [7, 11) is -0.780. The van der Waals surface area contributed by atoms with Gasteiger partial charge in [0.15, 0.2) is 0 Å². The molecule has 0 spiro atoms. The third-order valence-electron chi connectivity index (χ3n) is 2.86. The van der Waals surface area contributed by atoms with Crippen LogP contribution >= 0.6 is 12.2 Å². The van der Waals surface area contributed by atoms with E-state index >= 15 is 0 Å². The van der Waals surface area contributed by atoms with Crippen LogP contribution in [0.5, 0.6) is 0 Å². The molecule has 0 radical (unpaired) electrons. The van der Waals surface area contributed by atoms with Gasteiger partial charge in [-0.3, -0.25) is 9.00 Å². The molecule has 96 valence electrons. The summed E-state index contributed by atoms with van der Waals surface area (Å²) < 4.78 is 11.3. The number of carbonyl (C=O) groups excluding carboxylic acids is 1. The zero-order valence-electron chi connectivity index (χ0n) is 9.80. The topological polar surface area (TPSA) is 63.4 Å². The van der Waals surface area contributed by atoms with E-state index in [1.165, 1.54) is 0 Å². The third-order valence-corrected chi connectivity index (χ3v) is 4.37. The van der Waals surface area contributed by atoms with E-state index in [0.29, 0.717) is 35.7 Å². The van der Waals surface area contributed by atoms with Gasteiger partial charge in [0.1, 0.15) is 4.99 Å². The molecule has 0 unspecified atom stereocenters. The smallest absolute Gasteiger partial charge is 0.253 e. The van der Waals surface area contributed by atoms with Crippen LogP contribution < -0.4 is 5.73 Å². The Morgan fingerprint density at radius 3 is 2.50 bits per heavy atom. The summed E-state index contributed by atoms with van der Waals surface area (Å²) in [5.74, 6) is 1.06. The van der Waals surface area contributed by atoms with E-state index in [1.54, 1.807) is 29.2 Å². The average Bonchev–Trinajstić information content (AvgIpc) is 2.39. The van der Waals surface area contributed by atoms with Crippen molar-refractivity contribution in [3.8, 4) is 0 Å². The lowest BCUT2D eigenvalue weighted by Crippen LogP contribution is -2.41. The van der Waals surface area contributed by atoms with Crippen LogP contribution in [0.15, 0.2) is 24.3 Å². The first kappa shape index (κ1) is 13.2. The van der Waals surface area contributed by atoms with E-state index < -0.39 is 10.8 Å². The minimum absolute atomic E-state index is 0.0511. The molecule has 1 aromatic rings. The molecule has 18 heavy (non-hydrogen) atoms. The second-order valence-electron chi connectivity index (χ2n) is 4.09. The first-order valence-electron chi connectivity index (χ1n) is 5.62. The summed E-state index contributed by atoms with van der Waals surface area (Å²) in [5.41, 5.74) is 6.81. The van der Waals surface area contributed by atoms with Crippen molar-refractivity contribution in [2.75, 3.05) is 24.6 Å². The fourth-order valence-electron chi connectivity index (χ4n) is 1.83. The Kier molecular flexibility index (Phi) is 4.08. The number of hydrogen-bond donors (Lipinski definition) is 1. The molecule has 0 aliphatic carbocycles. The summed E-state index contributed by atoms with van der Waals surface area (Å²) in [6.07, 6.45) is 0. The Balaban J connectivity index is 2.16. The maximum Gasteiger partial charge on any atom is 0.253 e. The predicted octanol–water partition coefficient (Wildman–Crippen LogP) is 0.525. The number of benzene rings is 1. The predicted molar refractivity (Wildman–Crippen MR) is 76.1 cm³/mol. The van der Waals surface area contributed by atoms with Crippen molar-refractivity contribution in [2.45, 2.75) is 0 Å². The van der Waals surface area contributed by atoms with Crippen molar-refractivity contribution in [3.63, 3.8) is 0 Å². The van der Waals surface area contributed by atoms with Crippen LogP contribution in [0, 0.1) is 0 Å². The van der Waals surface area contributed by atoms with Crippen molar-refractivity contribution in [1.82, 2.24) is 4.90 Å². The highest BCUT2D eigenvalue weighted by atomic mass is 32.2. The minimum Gasteiger partial charge on any atom is -0.389 e. The lowest BCUT2D eigenvalue weighted by atomic mass is 10.1. The van der Waals surface area contributed by atoms with Gasteiger partial charge < -0.3 is 10.6 Å². The van der Waals surface area contributed by atoms with Crippen molar-refractivity contribution in [1.29, 1.82) is 0 Å². The number of carbonyl (C=O) groups is 1. The molecule has 0 saturated carbocycles. The quantitative estimate of drug-likeness (QED) is 0.804. The van der Waals surface area contributed by atoms with Crippen LogP contribution in [0.2, 0.25) is 0 Å². The molecule has 1 aliphatic heterocycles. The summed E-state index contributed by atoms with van der Waals surface area (Å²) in [5, 5.41) is 0. The monoisotopic (exact) mass is 282 g/mol. The molecule has 1 amide bonds. The van der Waals surface area contributed by atoms with E-state index in [9.17, 15) is 9.00 Å². The molecule has 1 heterocycles. The van der Waals surface area contributed by atoms with Crippen LogP contribution in [0.1, 0.15) is 15.9 Å². The average molecular weight is 282 g/mol. The molecule has 1 saturated heterocycles. The van der Waals surface area contributed by atoms with Crippen molar-refractivity contribution in [3.05, 3.63) is 35.4 Å². The lowest BCUT2D eigenvalue weighted by Gasteiger charge is -2.26. The van der Waals surface area contributed by atoms with Gasteiger partial charge in [-0.2, -0.15) is 0 Å². The SMILES string of the molecule is NC(=S)c1cccc(C(=O)N2CCS(=O)CC2)c1.